The van der Waals surface area contributed by atoms with Gasteiger partial charge in [0.15, 0.2) is 5.62 Å². The van der Waals surface area contributed by atoms with Gasteiger partial charge in [0.2, 0.25) is 0 Å². The van der Waals surface area contributed by atoms with Crippen LogP contribution in [0.15, 0.2) is 22.2 Å². The maximum absolute atomic E-state index is 12.0. The molecular weight excluding hydrogens is 316 g/mol. The number of nitrogens with zero attached hydrogens (tertiary/aromatic N) is 2. The van der Waals surface area contributed by atoms with E-state index in [1.807, 2.05) is 0 Å². The second-order valence-corrected chi connectivity index (χ2v) is 5.86. The van der Waals surface area contributed by atoms with Crippen LogP contribution in [-0.4, -0.2) is 21.7 Å². The Morgan fingerprint density at radius 1 is 1.26 bits per heavy atom. The van der Waals surface area contributed by atoms with Crippen LogP contribution < -0.4 is 21.5 Å². The Kier molecular flexibility index (Phi) is 7.95. The summed E-state index contributed by atoms with van der Waals surface area (Å²) in [6, 6.07) is 0. The number of rotatable bonds is 6. The molecule has 0 radical (unpaired) electrons. The minimum Gasteiger partial charge on any atom is -0.337 e. The molecular formula is C16H27ClN4O2. The van der Waals surface area contributed by atoms with Crippen LogP contribution >= 0.6 is 11.6 Å². The van der Waals surface area contributed by atoms with Crippen LogP contribution in [0.3, 0.4) is 0 Å². The second kappa shape index (κ2) is 9.45. The summed E-state index contributed by atoms with van der Waals surface area (Å²) in [6.07, 6.45) is 5.89. The van der Waals surface area contributed by atoms with Crippen LogP contribution in [0.2, 0.25) is 0 Å². The van der Waals surface area contributed by atoms with E-state index in [0.717, 1.165) is 19.3 Å². The summed E-state index contributed by atoms with van der Waals surface area (Å²) in [6.45, 7) is 11.0. The Labute approximate surface area is 142 Å². The van der Waals surface area contributed by atoms with Crippen molar-refractivity contribution in [1.29, 1.82) is 0 Å². The van der Waals surface area contributed by atoms with Crippen molar-refractivity contribution in [2.24, 2.45) is 0 Å². The minimum atomic E-state index is -0.552. The molecule has 7 heteroatoms. The molecule has 0 fully saturated rings. The molecule has 1 aliphatic heterocycles. The van der Waals surface area contributed by atoms with E-state index in [1.54, 1.807) is 15.5 Å². The maximum atomic E-state index is 12.0. The van der Waals surface area contributed by atoms with E-state index in [9.17, 15) is 9.59 Å². The Morgan fingerprint density at radius 3 is 2.48 bits per heavy atom. The zero-order valence-corrected chi connectivity index (χ0v) is 14.9. The summed E-state index contributed by atoms with van der Waals surface area (Å²) in [5.41, 5.74) is -0.972. The highest BCUT2D eigenvalue weighted by Crippen LogP contribution is 2.31. The van der Waals surface area contributed by atoms with Crippen molar-refractivity contribution in [3.8, 4) is 0 Å². The summed E-state index contributed by atoms with van der Waals surface area (Å²) in [5, 5.41) is 3.00. The Hall–Kier alpha value is -1.69. The van der Waals surface area contributed by atoms with Gasteiger partial charge in [-0.05, 0) is 6.42 Å². The lowest BCUT2D eigenvalue weighted by Crippen LogP contribution is -2.35. The second-order valence-electron chi connectivity index (χ2n) is 5.44. The van der Waals surface area contributed by atoms with Crippen LogP contribution in [0.25, 0.3) is 0 Å². The van der Waals surface area contributed by atoms with Gasteiger partial charge in [-0.2, -0.15) is 0 Å². The number of nitrogens with one attached hydrogen (secondary N) is 2. The monoisotopic (exact) mass is 342 g/mol. The molecule has 1 aromatic heterocycles. The number of aromatic nitrogens is 2. The summed E-state index contributed by atoms with van der Waals surface area (Å²) in [4.78, 5) is 28.0. The molecule has 1 aliphatic rings. The van der Waals surface area contributed by atoms with E-state index in [-0.39, 0.29) is 0 Å². The lowest BCUT2D eigenvalue weighted by Gasteiger charge is -2.18. The highest BCUT2D eigenvalue weighted by atomic mass is 35.5. The van der Waals surface area contributed by atoms with E-state index in [0.29, 0.717) is 24.6 Å². The number of hydrogen-bond donors (Lipinski definition) is 2. The van der Waals surface area contributed by atoms with Gasteiger partial charge in [0.25, 0.3) is 5.56 Å². The summed E-state index contributed by atoms with van der Waals surface area (Å²) in [5.74, 6) is 0.497. The van der Waals surface area contributed by atoms with Crippen molar-refractivity contribution < 1.29 is 0 Å². The summed E-state index contributed by atoms with van der Waals surface area (Å²) < 4.78 is 1.55. The standard InChI is InChI=1S/C13H19ClN4O2.C3H8/c1-3-5-6-8-18-10-9(11(19)16-13(18)20)17(7-4-2)12(14)15-10;1-3-2/h4,12,15H,2-3,5-8H2,1H3,(H,16,19,20);3H2,1-2H3. The fraction of sp³-hybridized carbons (Fsp3) is 0.625. The van der Waals surface area contributed by atoms with Crippen LogP contribution in [0.4, 0.5) is 11.5 Å². The number of H-pyrrole nitrogens is 1. The van der Waals surface area contributed by atoms with Gasteiger partial charge >= 0.3 is 5.69 Å². The molecule has 0 bridgehead atoms. The molecule has 0 aromatic carbocycles. The first-order valence-electron chi connectivity index (χ1n) is 8.16. The molecule has 1 unspecified atom stereocenters. The highest BCUT2D eigenvalue weighted by molar-refractivity contribution is 6.24. The number of hydrogen-bond acceptors (Lipinski definition) is 4. The molecule has 0 aliphatic carbocycles. The lowest BCUT2D eigenvalue weighted by molar-refractivity contribution is 0.582. The first kappa shape index (κ1) is 19.4. The molecule has 0 amide bonds. The van der Waals surface area contributed by atoms with Gasteiger partial charge in [-0.1, -0.05) is 57.7 Å². The van der Waals surface area contributed by atoms with Crippen molar-refractivity contribution in [3.05, 3.63) is 33.5 Å². The normalized spacial score (nSPS) is 15.5. The van der Waals surface area contributed by atoms with Gasteiger partial charge < -0.3 is 10.2 Å². The van der Waals surface area contributed by atoms with Crippen molar-refractivity contribution in [1.82, 2.24) is 9.55 Å². The number of unbranched alkanes of at least 4 members (excludes halogenated alkanes) is 2. The van der Waals surface area contributed by atoms with Crippen molar-refractivity contribution >= 4 is 23.1 Å². The molecule has 2 heterocycles. The predicted octanol–water partition coefficient (Wildman–Crippen LogP) is 3.08. The molecule has 6 nitrogen and oxygen atoms in total. The third-order valence-electron chi connectivity index (χ3n) is 3.30. The molecule has 2 rings (SSSR count). The van der Waals surface area contributed by atoms with E-state index >= 15 is 0 Å². The first-order chi connectivity index (χ1) is 11.0. The number of alkyl halides is 1. The number of aromatic amines is 1. The third-order valence-corrected chi connectivity index (χ3v) is 3.65. The van der Waals surface area contributed by atoms with Gasteiger partial charge in [0.1, 0.15) is 11.5 Å². The molecule has 0 saturated carbocycles. The Balaban J connectivity index is 0.000000816. The van der Waals surface area contributed by atoms with Crippen molar-refractivity contribution in [2.75, 3.05) is 16.8 Å². The van der Waals surface area contributed by atoms with Crippen molar-refractivity contribution in [3.63, 3.8) is 0 Å². The lowest BCUT2D eigenvalue weighted by atomic mass is 10.2. The molecule has 2 N–H and O–H groups in total. The summed E-state index contributed by atoms with van der Waals surface area (Å²) in [7, 11) is 0. The third kappa shape index (κ3) is 4.64. The SMILES string of the molecule is C=CCN1c2c(n(CCCCC)c(=O)[nH]c2=O)NC1Cl.CCC. The first-order valence-corrected chi connectivity index (χ1v) is 8.60. The van der Waals surface area contributed by atoms with Crippen LogP contribution in [-0.2, 0) is 6.54 Å². The van der Waals surface area contributed by atoms with Gasteiger partial charge in [0, 0.05) is 13.1 Å². The maximum Gasteiger partial charge on any atom is 0.330 e. The van der Waals surface area contributed by atoms with E-state index in [4.69, 9.17) is 11.6 Å². The zero-order chi connectivity index (χ0) is 17.4. The molecule has 0 saturated heterocycles. The molecule has 23 heavy (non-hydrogen) atoms. The van der Waals surface area contributed by atoms with E-state index in [2.05, 4.69) is 37.7 Å². The van der Waals surface area contributed by atoms with Crippen molar-refractivity contribution in [2.45, 2.75) is 58.6 Å². The fourth-order valence-electron chi connectivity index (χ4n) is 2.33. The number of anilines is 2. The summed E-state index contributed by atoms with van der Waals surface area (Å²) >= 11 is 6.18. The van der Waals surface area contributed by atoms with Gasteiger partial charge in [-0.25, -0.2) is 4.79 Å². The van der Waals surface area contributed by atoms with E-state index < -0.39 is 16.9 Å². The largest absolute Gasteiger partial charge is 0.337 e. The van der Waals surface area contributed by atoms with Gasteiger partial charge in [0.05, 0.1) is 0 Å². The molecule has 0 spiro atoms. The van der Waals surface area contributed by atoms with Crippen LogP contribution in [0.1, 0.15) is 46.5 Å². The smallest absolute Gasteiger partial charge is 0.330 e. The molecule has 130 valence electrons. The molecule has 1 aromatic rings. The highest BCUT2D eigenvalue weighted by Gasteiger charge is 2.31. The van der Waals surface area contributed by atoms with E-state index in [1.165, 1.54) is 6.42 Å². The predicted molar refractivity (Wildman–Crippen MR) is 97.6 cm³/mol. The molecule has 1 atom stereocenters. The fourth-order valence-corrected chi connectivity index (χ4v) is 2.61. The Morgan fingerprint density at radius 2 is 1.91 bits per heavy atom. The zero-order valence-electron chi connectivity index (χ0n) is 14.2. The quantitative estimate of drug-likeness (QED) is 0.361. The number of halogens is 1. The number of fused-ring (bicyclic) bond motifs is 1. The van der Waals surface area contributed by atoms with Gasteiger partial charge in [-0.3, -0.25) is 14.3 Å². The topological polar surface area (TPSA) is 70.1 Å². The Bertz CT molecular complexity index is 623. The minimum absolute atomic E-state index is 0.401. The van der Waals surface area contributed by atoms with Crippen LogP contribution in [0.5, 0.6) is 0 Å². The average molecular weight is 343 g/mol. The van der Waals surface area contributed by atoms with Crippen LogP contribution in [0, 0.1) is 0 Å². The average Bonchev–Trinajstić information content (AvgIpc) is 2.81. The van der Waals surface area contributed by atoms with Gasteiger partial charge in [-0.15, -0.1) is 6.58 Å².